The monoisotopic (exact) mass is 512 g/mol. The third-order valence-electron chi connectivity index (χ3n) is 5.74. The second kappa shape index (κ2) is 11.5. The number of nitrogens with one attached hydrogen (secondary N) is 2. The van der Waals surface area contributed by atoms with Crippen LogP contribution in [-0.4, -0.2) is 40.6 Å². The van der Waals surface area contributed by atoms with Crippen LogP contribution in [0.1, 0.15) is 69.3 Å². The van der Waals surface area contributed by atoms with Gasteiger partial charge in [0, 0.05) is 37.5 Å². The van der Waals surface area contributed by atoms with Crippen LogP contribution in [0.5, 0.6) is 0 Å². The molecular weight excluding hydrogens is 474 g/mol. The van der Waals surface area contributed by atoms with Crippen molar-refractivity contribution in [1.82, 2.24) is 10.4 Å². The number of aromatic nitrogens is 1. The maximum Gasteiger partial charge on any atom is 0.366 e. The summed E-state index contributed by atoms with van der Waals surface area (Å²) in [5.41, 5.74) is 15.3. The number of aromatic amines is 1. The number of hydrogen-bond acceptors (Lipinski definition) is 2. The summed E-state index contributed by atoms with van der Waals surface area (Å²) in [7, 11) is 3.76. The van der Waals surface area contributed by atoms with Crippen molar-refractivity contribution in [2.24, 2.45) is 10.8 Å². The molecule has 0 radical (unpaired) electrons. The van der Waals surface area contributed by atoms with Crippen LogP contribution in [0.3, 0.4) is 0 Å². The van der Waals surface area contributed by atoms with Crippen LogP contribution in [0.15, 0.2) is 46.4 Å². The summed E-state index contributed by atoms with van der Waals surface area (Å²) < 4.78 is 1.88. The van der Waals surface area contributed by atoms with Gasteiger partial charge in [-0.3, -0.25) is 10.3 Å². The Balaban J connectivity index is 2.04. The number of aryl methyl sites for hydroxylation is 1. The lowest BCUT2D eigenvalue weighted by molar-refractivity contribution is -0.467. The molecule has 5 nitrogen and oxygen atoms in total. The SMILES string of the molecule is CC(C)c1ccc2[nH]c(CCC=NNC(N)=[N+](C)C)c(SC(C)(C)C)c2c1Cc1ccc(Cl)cc1. The first-order valence-electron chi connectivity index (χ1n) is 12.1. The molecule has 0 amide bonds. The third-order valence-corrected chi connectivity index (χ3v) is 7.25. The molecule has 0 aliphatic rings. The molecule has 3 rings (SSSR count). The maximum absolute atomic E-state index is 6.16. The fourth-order valence-corrected chi connectivity index (χ4v) is 5.37. The molecule has 7 heteroatoms. The second-order valence-electron chi connectivity index (χ2n) is 10.4. The molecule has 0 aliphatic heterocycles. The van der Waals surface area contributed by atoms with Gasteiger partial charge in [-0.05, 0) is 60.1 Å². The highest BCUT2D eigenvalue weighted by atomic mass is 35.5. The number of nitrogens with two attached hydrogens (primary N) is 1. The van der Waals surface area contributed by atoms with E-state index in [9.17, 15) is 0 Å². The molecule has 0 fully saturated rings. The summed E-state index contributed by atoms with van der Waals surface area (Å²) in [6.45, 7) is 11.4. The van der Waals surface area contributed by atoms with Gasteiger partial charge in [-0.1, -0.05) is 64.4 Å². The van der Waals surface area contributed by atoms with Crippen molar-refractivity contribution < 1.29 is 4.58 Å². The molecule has 1 aromatic heterocycles. The number of thioether (sulfide) groups is 1. The Morgan fingerprint density at radius 3 is 2.46 bits per heavy atom. The van der Waals surface area contributed by atoms with Crippen molar-refractivity contribution in [3.63, 3.8) is 0 Å². The number of nitrogens with zero attached hydrogens (tertiary/aromatic N) is 2. The van der Waals surface area contributed by atoms with E-state index in [1.165, 1.54) is 38.2 Å². The number of H-pyrrole nitrogens is 1. The number of benzene rings is 2. The highest BCUT2D eigenvalue weighted by molar-refractivity contribution is 8.00. The smallest absolute Gasteiger partial charge is 0.357 e. The number of rotatable bonds is 8. The largest absolute Gasteiger partial charge is 0.366 e. The topological polar surface area (TPSA) is 69.2 Å². The van der Waals surface area contributed by atoms with Gasteiger partial charge in [-0.2, -0.15) is 5.43 Å². The van der Waals surface area contributed by atoms with Crippen molar-refractivity contribution in [2.75, 3.05) is 14.1 Å². The standard InChI is InChI=1S/C28H38ClN5S/c1-18(2)21-14-15-23-25(22(21)17-19-10-12-20(29)13-11-19)26(35-28(3,4)5)24(32-23)9-8-16-31-33-27(30)34(6)7/h10-16,18,32H,8-9,17H2,1-7H3,(H2,30,33)/p+1. The van der Waals surface area contributed by atoms with E-state index in [1.807, 2.05) is 44.2 Å². The van der Waals surface area contributed by atoms with Crippen molar-refractivity contribution in [1.29, 1.82) is 0 Å². The van der Waals surface area contributed by atoms with Gasteiger partial charge < -0.3 is 4.98 Å². The minimum Gasteiger partial charge on any atom is -0.357 e. The summed E-state index contributed by atoms with van der Waals surface area (Å²) in [6, 6.07) is 12.8. The Bertz CT molecular complexity index is 1210. The Labute approximate surface area is 219 Å². The van der Waals surface area contributed by atoms with E-state index in [0.717, 1.165) is 24.3 Å². The van der Waals surface area contributed by atoms with Crippen molar-refractivity contribution in [3.8, 4) is 0 Å². The number of fused-ring (bicyclic) bond motifs is 1. The first-order chi connectivity index (χ1) is 16.5. The molecule has 0 saturated heterocycles. The molecule has 0 unspecified atom stereocenters. The molecule has 0 atom stereocenters. The zero-order valence-corrected chi connectivity index (χ0v) is 23.6. The number of hydrazone groups is 1. The van der Waals surface area contributed by atoms with E-state index in [1.54, 1.807) is 4.58 Å². The molecule has 0 saturated carbocycles. The van der Waals surface area contributed by atoms with Gasteiger partial charge in [0.25, 0.3) is 0 Å². The maximum atomic E-state index is 6.16. The fraction of sp³-hybridized carbons (Fsp3) is 0.429. The van der Waals surface area contributed by atoms with E-state index in [4.69, 9.17) is 17.3 Å². The molecule has 4 N–H and O–H groups in total. The van der Waals surface area contributed by atoms with E-state index >= 15 is 0 Å². The molecule has 2 aromatic carbocycles. The predicted molar refractivity (Wildman–Crippen MR) is 154 cm³/mol. The number of hydrogen-bond donors (Lipinski definition) is 3. The first kappa shape index (κ1) is 27.2. The molecule has 0 bridgehead atoms. The quantitative estimate of drug-likeness (QED) is 0.106. The predicted octanol–water partition coefficient (Wildman–Crippen LogP) is 6.52. The highest BCUT2D eigenvalue weighted by Gasteiger charge is 2.23. The Kier molecular flexibility index (Phi) is 8.94. The van der Waals surface area contributed by atoms with Gasteiger partial charge >= 0.3 is 5.96 Å². The summed E-state index contributed by atoms with van der Waals surface area (Å²) in [4.78, 5) is 5.09. The summed E-state index contributed by atoms with van der Waals surface area (Å²) in [6.07, 6.45) is 4.45. The highest BCUT2D eigenvalue weighted by Crippen LogP contribution is 2.43. The average molecular weight is 513 g/mol. The Morgan fingerprint density at radius 2 is 1.86 bits per heavy atom. The van der Waals surface area contributed by atoms with Gasteiger partial charge in [0.05, 0.1) is 14.1 Å². The van der Waals surface area contributed by atoms with Crippen LogP contribution < -0.4 is 11.2 Å². The van der Waals surface area contributed by atoms with Gasteiger partial charge in [0.2, 0.25) is 0 Å². The van der Waals surface area contributed by atoms with Gasteiger partial charge in [0.1, 0.15) is 0 Å². The van der Waals surface area contributed by atoms with Gasteiger partial charge in [0.15, 0.2) is 0 Å². The average Bonchev–Trinajstić information content (AvgIpc) is 3.10. The zero-order chi connectivity index (χ0) is 25.8. The van der Waals surface area contributed by atoms with E-state index in [0.29, 0.717) is 11.9 Å². The lowest BCUT2D eigenvalue weighted by Gasteiger charge is -2.21. The van der Waals surface area contributed by atoms with Crippen LogP contribution in [0, 0.1) is 0 Å². The van der Waals surface area contributed by atoms with Gasteiger partial charge in [-0.15, -0.1) is 16.9 Å². The molecule has 35 heavy (non-hydrogen) atoms. The normalized spacial score (nSPS) is 12.1. The number of guanidine groups is 1. The zero-order valence-electron chi connectivity index (χ0n) is 22.0. The lowest BCUT2D eigenvalue weighted by Crippen LogP contribution is -2.34. The first-order valence-corrected chi connectivity index (χ1v) is 13.3. The van der Waals surface area contributed by atoms with Crippen LogP contribution in [0.25, 0.3) is 10.9 Å². The summed E-state index contributed by atoms with van der Waals surface area (Å²) >= 11 is 8.10. The summed E-state index contributed by atoms with van der Waals surface area (Å²) in [5, 5.41) is 6.39. The molecule has 0 aliphatic carbocycles. The minimum atomic E-state index is 0.0834. The molecular formula is C28H39ClN5S+. The van der Waals surface area contributed by atoms with Gasteiger partial charge in [-0.25, -0.2) is 0 Å². The van der Waals surface area contributed by atoms with E-state index in [-0.39, 0.29) is 4.75 Å². The van der Waals surface area contributed by atoms with E-state index in [2.05, 4.69) is 74.4 Å². The Morgan fingerprint density at radius 1 is 1.17 bits per heavy atom. The van der Waals surface area contributed by atoms with Crippen molar-refractivity contribution >= 4 is 46.4 Å². The molecule has 3 aromatic rings. The van der Waals surface area contributed by atoms with Crippen LogP contribution >= 0.6 is 23.4 Å². The molecule has 1 heterocycles. The van der Waals surface area contributed by atoms with E-state index < -0.39 is 0 Å². The molecule has 0 spiro atoms. The second-order valence-corrected chi connectivity index (χ2v) is 12.7. The third kappa shape index (κ3) is 7.28. The minimum absolute atomic E-state index is 0.0834. The Hall–Kier alpha value is -2.44. The van der Waals surface area contributed by atoms with Crippen molar-refractivity contribution in [3.05, 3.63) is 63.8 Å². The lowest BCUT2D eigenvalue weighted by atomic mass is 9.90. The fourth-order valence-electron chi connectivity index (χ4n) is 4.02. The van der Waals surface area contributed by atoms with Crippen LogP contribution in [-0.2, 0) is 12.8 Å². The number of halogens is 1. The van der Waals surface area contributed by atoms with Crippen LogP contribution in [0.4, 0.5) is 0 Å². The summed E-state index contributed by atoms with van der Waals surface area (Å²) in [5.74, 6) is 0.952. The molecule has 188 valence electrons. The van der Waals surface area contributed by atoms with Crippen LogP contribution in [0.2, 0.25) is 5.02 Å². The van der Waals surface area contributed by atoms with Crippen molar-refractivity contribution in [2.45, 2.75) is 69.4 Å².